The third-order valence-corrected chi connectivity index (χ3v) is 4.80. The molecule has 5 heterocycles. The Morgan fingerprint density at radius 2 is 1.79 bits per heavy atom. The summed E-state index contributed by atoms with van der Waals surface area (Å²) >= 11 is 0. The molecule has 1 amide bonds. The van der Waals surface area contributed by atoms with Gasteiger partial charge >= 0.3 is 0 Å². The Labute approximate surface area is 165 Å². The minimum atomic E-state index is -0.489. The first-order chi connectivity index (χ1) is 14.2. The molecule has 0 fully saturated rings. The molecule has 7 heteroatoms. The maximum Gasteiger partial charge on any atom is 0.241 e. The lowest BCUT2D eigenvalue weighted by molar-refractivity contribution is -0.113. The molecule has 0 aromatic carbocycles. The molecule has 0 unspecified atom stereocenters. The topological polar surface area (TPSA) is 113 Å². The summed E-state index contributed by atoms with van der Waals surface area (Å²) in [5.74, 6) is -0.489. The second-order valence-corrected chi connectivity index (χ2v) is 6.63. The number of aromatic amines is 2. The molecule has 7 nitrogen and oxygen atoms in total. The van der Waals surface area contributed by atoms with Crippen LogP contribution in [-0.4, -0.2) is 30.8 Å². The van der Waals surface area contributed by atoms with Crippen LogP contribution >= 0.6 is 0 Å². The van der Waals surface area contributed by atoms with Gasteiger partial charge in [0.15, 0.2) is 0 Å². The highest BCUT2D eigenvalue weighted by Crippen LogP contribution is 2.34. The number of rotatable bonds is 4. The van der Waals surface area contributed by atoms with Gasteiger partial charge in [-0.3, -0.25) is 9.78 Å². The Balaban J connectivity index is 1.63. The van der Waals surface area contributed by atoms with Crippen LogP contribution in [-0.2, 0) is 4.79 Å². The van der Waals surface area contributed by atoms with Gasteiger partial charge in [0.1, 0.15) is 11.3 Å². The van der Waals surface area contributed by atoms with Crippen LogP contribution in [0.3, 0.4) is 0 Å². The number of carbonyl (C=O) groups is 1. The molecule has 5 aromatic heterocycles. The molecule has 0 bridgehead atoms. The summed E-state index contributed by atoms with van der Waals surface area (Å²) in [6.45, 7) is 0. The van der Waals surface area contributed by atoms with Crippen molar-refractivity contribution in [1.29, 1.82) is 0 Å². The van der Waals surface area contributed by atoms with Crippen molar-refractivity contribution in [2.75, 3.05) is 0 Å². The Morgan fingerprint density at radius 1 is 0.931 bits per heavy atom. The summed E-state index contributed by atoms with van der Waals surface area (Å²) < 4.78 is 0. The monoisotopic (exact) mass is 380 g/mol. The van der Waals surface area contributed by atoms with E-state index < -0.39 is 5.91 Å². The van der Waals surface area contributed by atoms with Gasteiger partial charge in [0.05, 0.1) is 5.69 Å². The summed E-state index contributed by atoms with van der Waals surface area (Å²) in [5.41, 5.74) is 11.4. The normalized spacial score (nSPS) is 11.6. The Morgan fingerprint density at radius 3 is 2.69 bits per heavy atom. The van der Waals surface area contributed by atoms with Crippen molar-refractivity contribution in [3.8, 4) is 22.4 Å². The molecule has 0 saturated carbocycles. The maximum atomic E-state index is 11.0. The number of carbonyl (C=O) groups excluding carboxylic acids is 1. The predicted octanol–water partition coefficient (Wildman–Crippen LogP) is 3.67. The standard InChI is InChI=1S/C22H16N6O/c23-20(29)2-1-13-3-6-24-19(9-13)14-10-17-18(12-28-22(17)27-11-14)15-4-7-25-21-16(15)5-8-26-21/h1-12H,(H2,23,29)(H,25,26)(H,27,28). The highest BCUT2D eigenvalue weighted by Gasteiger charge is 2.13. The Hall–Kier alpha value is -4.26. The lowest BCUT2D eigenvalue weighted by Crippen LogP contribution is -2.05. The molecular formula is C22H16N6O. The van der Waals surface area contributed by atoms with Gasteiger partial charge in [0.25, 0.3) is 0 Å². The second-order valence-electron chi connectivity index (χ2n) is 6.63. The van der Waals surface area contributed by atoms with Gasteiger partial charge in [-0.1, -0.05) is 0 Å². The number of hydrogen-bond donors (Lipinski definition) is 3. The van der Waals surface area contributed by atoms with Crippen LogP contribution in [0, 0.1) is 0 Å². The number of nitrogens with two attached hydrogens (primary N) is 1. The van der Waals surface area contributed by atoms with E-state index in [0.29, 0.717) is 0 Å². The molecule has 0 radical (unpaired) electrons. The summed E-state index contributed by atoms with van der Waals surface area (Å²) in [6.07, 6.45) is 12.1. The number of primary amides is 1. The minimum Gasteiger partial charge on any atom is -0.366 e. The number of amides is 1. The van der Waals surface area contributed by atoms with Crippen molar-refractivity contribution < 1.29 is 4.79 Å². The molecule has 0 saturated heterocycles. The first-order valence-electron chi connectivity index (χ1n) is 9.02. The van der Waals surface area contributed by atoms with Crippen molar-refractivity contribution >= 4 is 34.1 Å². The zero-order chi connectivity index (χ0) is 19.8. The van der Waals surface area contributed by atoms with E-state index in [1.165, 1.54) is 6.08 Å². The van der Waals surface area contributed by atoms with Crippen molar-refractivity contribution in [3.05, 3.63) is 73.0 Å². The average Bonchev–Trinajstić information content (AvgIpc) is 3.38. The summed E-state index contributed by atoms with van der Waals surface area (Å²) in [7, 11) is 0. The van der Waals surface area contributed by atoms with Crippen molar-refractivity contribution in [1.82, 2.24) is 24.9 Å². The van der Waals surface area contributed by atoms with Crippen LogP contribution in [0.15, 0.2) is 67.4 Å². The largest absolute Gasteiger partial charge is 0.366 e. The maximum absolute atomic E-state index is 11.0. The summed E-state index contributed by atoms with van der Waals surface area (Å²) in [5, 5.41) is 2.05. The number of fused-ring (bicyclic) bond motifs is 2. The van der Waals surface area contributed by atoms with Crippen LogP contribution in [0.1, 0.15) is 5.56 Å². The van der Waals surface area contributed by atoms with E-state index >= 15 is 0 Å². The van der Waals surface area contributed by atoms with Gasteiger partial charge in [-0.25, -0.2) is 9.97 Å². The van der Waals surface area contributed by atoms with Gasteiger partial charge in [-0.05, 0) is 47.5 Å². The lowest BCUT2D eigenvalue weighted by Gasteiger charge is -2.05. The fraction of sp³-hybridized carbons (Fsp3) is 0. The van der Waals surface area contributed by atoms with Gasteiger partial charge < -0.3 is 15.7 Å². The van der Waals surface area contributed by atoms with E-state index in [1.807, 2.05) is 36.7 Å². The SMILES string of the molecule is NC(=O)C=Cc1ccnc(-c2cnc3[nH]cc(-c4ccnc5[nH]ccc45)c3c2)c1. The van der Waals surface area contributed by atoms with Crippen LogP contribution in [0.4, 0.5) is 0 Å². The lowest BCUT2D eigenvalue weighted by atomic mass is 10.0. The second kappa shape index (κ2) is 6.72. The molecular weight excluding hydrogens is 364 g/mol. The highest BCUT2D eigenvalue weighted by molar-refractivity contribution is 6.03. The molecule has 4 N–H and O–H groups in total. The highest BCUT2D eigenvalue weighted by atomic mass is 16.1. The predicted molar refractivity (Wildman–Crippen MR) is 113 cm³/mol. The zero-order valence-corrected chi connectivity index (χ0v) is 15.3. The Kier molecular flexibility index (Phi) is 3.91. The molecule has 5 rings (SSSR count). The van der Waals surface area contributed by atoms with Crippen LogP contribution in [0.2, 0.25) is 0 Å². The third-order valence-electron chi connectivity index (χ3n) is 4.80. The molecule has 140 valence electrons. The molecule has 5 aromatic rings. The molecule has 0 aliphatic heterocycles. The molecule has 0 spiro atoms. The molecule has 0 atom stereocenters. The number of pyridine rings is 3. The van der Waals surface area contributed by atoms with Crippen molar-refractivity contribution in [2.45, 2.75) is 0 Å². The van der Waals surface area contributed by atoms with E-state index in [9.17, 15) is 4.79 Å². The molecule has 29 heavy (non-hydrogen) atoms. The van der Waals surface area contributed by atoms with Crippen LogP contribution < -0.4 is 5.73 Å². The first-order valence-corrected chi connectivity index (χ1v) is 9.02. The average molecular weight is 380 g/mol. The Bertz CT molecular complexity index is 1400. The van der Waals surface area contributed by atoms with E-state index in [0.717, 1.165) is 50.0 Å². The van der Waals surface area contributed by atoms with Crippen LogP contribution in [0.25, 0.3) is 50.5 Å². The minimum absolute atomic E-state index is 0.489. The number of aromatic nitrogens is 5. The number of H-pyrrole nitrogens is 2. The quantitative estimate of drug-likeness (QED) is 0.413. The van der Waals surface area contributed by atoms with E-state index in [1.54, 1.807) is 24.7 Å². The van der Waals surface area contributed by atoms with Crippen LogP contribution in [0.5, 0.6) is 0 Å². The number of hydrogen-bond acceptors (Lipinski definition) is 4. The van der Waals surface area contributed by atoms with Crippen molar-refractivity contribution in [2.24, 2.45) is 5.73 Å². The smallest absolute Gasteiger partial charge is 0.241 e. The van der Waals surface area contributed by atoms with Gasteiger partial charge in [-0.2, -0.15) is 0 Å². The summed E-state index contributed by atoms with van der Waals surface area (Å²) in [4.78, 5) is 30.8. The third kappa shape index (κ3) is 3.04. The number of nitrogens with one attached hydrogen (secondary N) is 2. The fourth-order valence-electron chi connectivity index (χ4n) is 3.45. The molecule has 0 aliphatic carbocycles. The van der Waals surface area contributed by atoms with Gasteiger partial charge in [0.2, 0.25) is 5.91 Å². The molecule has 0 aliphatic rings. The number of nitrogens with zero attached hydrogens (tertiary/aromatic N) is 3. The van der Waals surface area contributed by atoms with Gasteiger partial charge in [0, 0.05) is 59.0 Å². The fourth-order valence-corrected chi connectivity index (χ4v) is 3.45. The van der Waals surface area contributed by atoms with Gasteiger partial charge in [-0.15, -0.1) is 0 Å². The van der Waals surface area contributed by atoms with E-state index in [4.69, 9.17) is 5.73 Å². The zero-order valence-electron chi connectivity index (χ0n) is 15.3. The van der Waals surface area contributed by atoms with E-state index in [2.05, 4.69) is 31.0 Å². The van der Waals surface area contributed by atoms with Crippen molar-refractivity contribution in [3.63, 3.8) is 0 Å². The summed E-state index contributed by atoms with van der Waals surface area (Å²) in [6, 6.07) is 9.79. The van der Waals surface area contributed by atoms with E-state index in [-0.39, 0.29) is 0 Å². The first kappa shape index (κ1) is 16.9.